The number of amides is 1. The Labute approximate surface area is 124 Å². The van der Waals surface area contributed by atoms with Gasteiger partial charge in [0.15, 0.2) is 0 Å². The normalized spacial score (nSPS) is 13.9. The number of hydrogen-bond donors (Lipinski definition) is 2. The van der Waals surface area contributed by atoms with Gasteiger partial charge in [-0.2, -0.15) is 4.31 Å². The molecule has 0 saturated carbocycles. The number of hydrogen-bond acceptors (Lipinski definition) is 6. The molecule has 0 saturated heterocycles. The SMILES string of the molecule is CC(=O)NCCN(C(C)C(=O)O)S(=O)(=O)CCS(C)(=O)=O. The van der Waals surface area contributed by atoms with Crippen LogP contribution in [0.4, 0.5) is 0 Å². The molecule has 0 fully saturated rings. The molecule has 0 aliphatic rings. The molecule has 0 heterocycles. The highest BCUT2D eigenvalue weighted by atomic mass is 32.2. The summed E-state index contributed by atoms with van der Waals surface area (Å²) in [6, 6.07) is -1.36. The van der Waals surface area contributed by atoms with Gasteiger partial charge < -0.3 is 10.4 Å². The van der Waals surface area contributed by atoms with E-state index in [9.17, 15) is 26.4 Å². The van der Waals surface area contributed by atoms with Gasteiger partial charge in [0.05, 0.1) is 11.5 Å². The van der Waals surface area contributed by atoms with Crippen LogP contribution in [0, 0.1) is 0 Å². The van der Waals surface area contributed by atoms with Crippen molar-refractivity contribution in [1.29, 1.82) is 0 Å². The van der Waals surface area contributed by atoms with Gasteiger partial charge >= 0.3 is 5.97 Å². The first-order chi connectivity index (χ1) is 9.37. The van der Waals surface area contributed by atoms with Crippen molar-refractivity contribution in [2.45, 2.75) is 19.9 Å². The minimum atomic E-state index is -4.08. The Morgan fingerprint density at radius 3 is 2.10 bits per heavy atom. The van der Waals surface area contributed by atoms with Gasteiger partial charge in [-0.1, -0.05) is 0 Å². The molecule has 1 amide bonds. The molecule has 1 unspecified atom stereocenters. The predicted molar refractivity (Wildman–Crippen MR) is 76.0 cm³/mol. The van der Waals surface area contributed by atoms with Crippen molar-refractivity contribution < 1.29 is 31.5 Å². The maximum absolute atomic E-state index is 12.1. The maximum atomic E-state index is 12.1. The highest BCUT2D eigenvalue weighted by molar-refractivity contribution is 7.93. The lowest BCUT2D eigenvalue weighted by Gasteiger charge is -2.25. The second kappa shape index (κ2) is 7.71. The van der Waals surface area contributed by atoms with E-state index in [0.717, 1.165) is 6.26 Å². The topological polar surface area (TPSA) is 138 Å². The fourth-order valence-corrected chi connectivity index (χ4v) is 4.64. The molecule has 0 aromatic carbocycles. The first-order valence-corrected chi connectivity index (χ1v) is 9.68. The molecule has 1 atom stereocenters. The van der Waals surface area contributed by atoms with Gasteiger partial charge in [-0.3, -0.25) is 9.59 Å². The largest absolute Gasteiger partial charge is 0.480 e. The van der Waals surface area contributed by atoms with Crippen LogP contribution in [0.1, 0.15) is 13.8 Å². The lowest BCUT2D eigenvalue weighted by atomic mass is 10.3. The zero-order valence-corrected chi connectivity index (χ0v) is 13.7. The third kappa shape index (κ3) is 7.97. The summed E-state index contributed by atoms with van der Waals surface area (Å²) >= 11 is 0. The fraction of sp³-hybridized carbons (Fsp3) is 0.800. The van der Waals surface area contributed by atoms with E-state index in [1.807, 2.05) is 0 Å². The molecule has 2 N–H and O–H groups in total. The summed E-state index contributed by atoms with van der Waals surface area (Å²) in [6.07, 6.45) is 0.894. The van der Waals surface area contributed by atoms with Crippen LogP contribution in [0.3, 0.4) is 0 Å². The molecule has 0 aromatic heterocycles. The minimum Gasteiger partial charge on any atom is -0.480 e. The van der Waals surface area contributed by atoms with Crippen molar-refractivity contribution in [3.8, 4) is 0 Å². The molecule has 0 aliphatic carbocycles. The van der Waals surface area contributed by atoms with Crippen LogP contribution in [0.25, 0.3) is 0 Å². The fourth-order valence-electron chi connectivity index (χ4n) is 1.41. The molecule has 21 heavy (non-hydrogen) atoms. The number of carboxylic acid groups (broad SMARTS) is 1. The number of sulfone groups is 1. The highest BCUT2D eigenvalue weighted by Crippen LogP contribution is 2.09. The smallest absolute Gasteiger partial charge is 0.321 e. The quantitative estimate of drug-likeness (QED) is 0.507. The van der Waals surface area contributed by atoms with E-state index in [1.165, 1.54) is 13.8 Å². The van der Waals surface area contributed by atoms with E-state index >= 15 is 0 Å². The predicted octanol–water partition coefficient (Wildman–Crippen LogP) is -1.73. The molecule has 0 bridgehead atoms. The van der Waals surface area contributed by atoms with Crippen LogP contribution in [-0.2, 0) is 29.4 Å². The molecule has 9 nitrogen and oxygen atoms in total. The van der Waals surface area contributed by atoms with Gasteiger partial charge in [0, 0.05) is 26.3 Å². The summed E-state index contributed by atoms with van der Waals surface area (Å²) < 4.78 is 46.9. The van der Waals surface area contributed by atoms with E-state index in [-0.39, 0.29) is 19.0 Å². The van der Waals surface area contributed by atoms with Crippen molar-refractivity contribution >= 4 is 31.7 Å². The molecule has 0 aromatic rings. The van der Waals surface area contributed by atoms with E-state index in [0.29, 0.717) is 4.31 Å². The van der Waals surface area contributed by atoms with Gasteiger partial charge in [-0.15, -0.1) is 0 Å². The Balaban J connectivity index is 5.08. The molecule has 0 radical (unpaired) electrons. The van der Waals surface area contributed by atoms with Crippen LogP contribution in [0.2, 0.25) is 0 Å². The van der Waals surface area contributed by atoms with Crippen molar-refractivity contribution in [2.24, 2.45) is 0 Å². The van der Waals surface area contributed by atoms with E-state index in [4.69, 9.17) is 5.11 Å². The van der Waals surface area contributed by atoms with E-state index < -0.39 is 43.4 Å². The Bertz CT molecular complexity index is 583. The summed E-state index contributed by atoms with van der Waals surface area (Å²) in [6.45, 7) is 2.10. The zero-order chi connectivity index (χ0) is 16.8. The van der Waals surface area contributed by atoms with Crippen molar-refractivity contribution in [1.82, 2.24) is 9.62 Å². The third-order valence-corrected chi connectivity index (χ3v) is 5.70. The van der Waals surface area contributed by atoms with E-state index in [2.05, 4.69) is 5.32 Å². The molecule has 11 heteroatoms. The minimum absolute atomic E-state index is 0.0644. The Morgan fingerprint density at radius 1 is 1.19 bits per heavy atom. The van der Waals surface area contributed by atoms with Gasteiger partial charge in [-0.25, -0.2) is 16.8 Å². The molecule has 0 spiro atoms. The van der Waals surface area contributed by atoms with Crippen molar-refractivity contribution in [3.05, 3.63) is 0 Å². The van der Waals surface area contributed by atoms with Crippen LogP contribution >= 0.6 is 0 Å². The monoisotopic (exact) mass is 344 g/mol. The lowest BCUT2D eigenvalue weighted by Crippen LogP contribution is -2.48. The number of rotatable bonds is 9. The van der Waals surface area contributed by atoms with Crippen LogP contribution in [0.5, 0.6) is 0 Å². The average Bonchev–Trinajstić information content (AvgIpc) is 2.30. The van der Waals surface area contributed by atoms with Gasteiger partial charge in [0.25, 0.3) is 0 Å². The van der Waals surface area contributed by atoms with Crippen LogP contribution in [-0.4, -0.2) is 75.0 Å². The molecular weight excluding hydrogens is 324 g/mol. The number of carbonyl (C=O) groups excluding carboxylic acids is 1. The van der Waals surface area contributed by atoms with Crippen molar-refractivity contribution in [3.63, 3.8) is 0 Å². The van der Waals surface area contributed by atoms with Crippen LogP contribution < -0.4 is 5.32 Å². The zero-order valence-electron chi connectivity index (χ0n) is 12.1. The maximum Gasteiger partial charge on any atom is 0.321 e. The van der Waals surface area contributed by atoms with Crippen molar-refractivity contribution in [2.75, 3.05) is 30.9 Å². The number of nitrogens with one attached hydrogen (secondary N) is 1. The summed E-state index contributed by atoms with van der Waals surface area (Å²) in [5.41, 5.74) is 0. The summed E-state index contributed by atoms with van der Waals surface area (Å²) in [4.78, 5) is 21.7. The van der Waals surface area contributed by atoms with Gasteiger partial charge in [0.1, 0.15) is 15.9 Å². The summed E-state index contributed by atoms with van der Waals surface area (Å²) in [5.74, 6) is -3.05. The molecule has 0 rings (SSSR count). The lowest BCUT2D eigenvalue weighted by molar-refractivity contribution is -0.140. The number of carboxylic acids is 1. The number of aliphatic carboxylic acids is 1. The van der Waals surface area contributed by atoms with Crippen LogP contribution in [0.15, 0.2) is 0 Å². The Morgan fingerprint density at radius 2 is 1.71 bits per heavy atom. The first-order valence-electron chi connectivity index (χ1n) is 6.01. The Kier molecular flexibility index (Phi) is 7.27. The van der Waals surface area contributed by atoms with Gasteiger partial charge in [-0.05, 0) is 6.92 Å². The average molecular weight is 344 g/mol. The number of nitrogens with zero attached hydrogens (tertiary/aromatic N) is 1. The summed E-state index contributed by atoms with van der Waals surface area (Å²) in [5, 5.41) is 11.3. The first kappa shape index (κ1) is 19.8. The van der Waals surface area contributed by atoms with Gasteiger partial charge in [0.2, 0.25) is 15.9 Å². The molecule has 124 valence electrons. The second-order valence-electron chi connectivity index (χ2n) is 4.55. The standard InChI is InChI=1S/C10H20N2O7S2/c1-8(10(14)15)12(5-4-11-9(2)13)21(18,19)7-6-20(3,16)17/h8H,4-7H2,1-3H3,(H,11,13)(H,14,15). The third-order valence-electron chi connectivity index (χ3n) is 2.56. The molecular formula is C10H20N2O7S2. The van der Waals surface area contributed by atoms with E-state index in [1.54, 1.807) is 0 Å². The Hall–Kier alpha value is -1.20. The number of sulfonamides is 1. The molecule has 0 aliphatic heterocycles. The summed E-state index contributed by atoms with van der Waals surface area (Å²) in [7, 11) is -7.57. The second-order valence-corrected chi connectivity index (χ2v) is 8.85. The number of carbonyl (C=O) groups is 2. The highest BCUT2D eigenvalue weighted by Gasteiger charge is 2.31.